The average molecular weight is 406 g/mol. The number of ether oxygens (including phenoxy) is 1. The van der Waals surface area contributed by atoms with Gasteiger partial charge in [0.05, 0.1) is 0 Å². The summed E-state index contributed by atoms with van der Waals surface area (Å²) in [5.41, 5.74) is 6.80. The van der Waals surface area contributed by atoms with E-state index in [-0.39, 0.29) is 30.8 Å². The summed E-state index contributed by atoms with van der Waals surface area (Å²) >= 11 is 0. The number of nitrogens with two attached hydrogens (primary N) is 1. The molecule has 2 aromatic rings. The van der Waals surface area contributed by atoms with Crippen LogP contribution < -0.4 is 15.8 Å². The van der Waals surface area contributed by atoms with E-state index < -0.39 is 6.04 Å². The van der Waals surface area contributed by atoms with E-state index in [9.17, 15) is 9.59 Å². The first-order chi connectivity index (χ1) is 13.1. The molecule has 0 aromatic heterocycles. The highest BCUT2D eigenvalue weighted by molar-refractivity contribution is 5.87. The molecule has 6 nitrogen and oxygen atoms in total. The highest BCUT2D eigenvalue weighted by atomic mass is 35.5. The zero-order valence-corrected chi connectivity index (χ0v) is 16.9. The number of nitrogens with zero attached hydrogens (tertiary/aromatic N) is 1. The molecule has 0 aliphatic heterocycles. The minimum atomic E-state index is -0.640. The van der Waals surface area contributed by atoms with Crippen molar-refractivity contribution in [2.45, 2.75) is 19.4 Å². The molecule has 0 saturated heterocycles. The number of hydrogen-bond donors (Lipinski definition) is 2. The lowest BCUT2D eigenvalue weighted by atomic mass is 10.1. The van der Waals surface area contributed by atoms with Crippen molar-refractivity contribution >= 4 is 24.2 Å². The maximum Gasteiger partial charge on any atom is 0.258 e. The Balaban J connectivity index is 0.00000392. The average Bonchev–Trinajstić information content (AvgIpc) is 2.70. The molecule has 0 saturated carbocycles. The van der Waals surface area contributed by atoms with Crippen molar-refractivity contribution in [2.24, 2.45) is 5.73 Å². The second-order valence-electron chi connectivity index (χ2n) is 6.24. The van der Waals surface area contributed by atoms with E-state index in [1.165, 1.54) is 0 Å². The van der Waals surface area contributed by atoms with Gasteiger partial charge in [-0.15, -0.1) is 12.4 Å². The van der Waals surface area contributed by atoms with E-state index in [1.807, 2.05) is 48.5 Å². The van der Waals surface area contributed by atoms with Crippen LogP contribution in [-0.4, -0.2) is 49.0 Å². The molecule has 0 aliphatic rings. The monoisotopic (exact) mass is 405 g/mol. The van der Waals surface area contributed by atoms with Gasteiger partial charge in [-0.05, 0) is 31.0 Å². The second-order valence-corrected chi connectivity index (χ2v) is 6.24. The lowest BCUT2D eigenvalue weighted by Gasteiger charge is -2.26. The second kappa shape index (κ2) is 12.8. The lowest BCUT2D eigenvalue weighted by molar-refractivity contribution is -0.136. The quantitative estimate of drug-likeness (QED) is 0.633. The highest BCUT2D eigenvalue weighted by Crippen LogP contribution is 2.08. The van der Waals surface area contributed by atoms with Crippen molar-refractivity contribution in [1.82, 2.24) is 10.2 Å². The molecule has 0 aliphatic carbocycles. The van der Waals surface area contributed by atoms with Gasteiger partial charge in [-0.25, -0.2) is 0 Å². The number of para-hydroxylation sites is 1. The van der Waals surface area contributed by atoms with Crippen LogP contribution in [0.15, 0.2) is 60.7 Å². The smallest absolute Gasteiger partial charge is 0.258 e. The summed E-state index contributed by atoms with van der Waals surface area (Å²) in [4.78, 5) is 26.4. The van der Waals surface area contributed by atoms with Gasteiger partial charge in [-0.3, -0.25) is 9.59 Å². The van der Waals surface area contributed by atoms with Crippen LogP contribution in [0.5, 0.6) is 5.75 Å². The predicted molar refractivity (Wildman–Crippen MR) is 113 cm³/mol. The van der Waals surface area contributed by atoms with E-state index in [4.69, 9.17) is 10.5 Å². The van der Waals surface area contributed by atoms with E-state index in [1.54, 1.807) is 24.0 Å². The van der Waals surface area contributed by atoms with Crippen molar-refractivity contribution in [3.05, 3.63) is 66.2 Å². The van der Waals surface area contributed by atoms with Gasteiger partial charge >= 0.3 is 0 Å². The van der Waals surface area contributed by atoms with Crippen LogP contribution in [0.1, 0.15) is 12.5 Å². The third kappa shape index (κ3) is 7.98. The molecule has 0 radical (unpaired) electrons. The number of carbonyl (C=O) groups excluding carboxylic acids is 2. The molecular weight excluding hydrogens is 378 g/mol. The maximum absolute atomic E-state index is 12.7. The minimum Gasteiger partial charge on any atom is -0.484 e. The van der Waals surface area contributed by atoms with E-state index in [0.29, 0.717) is 25.4 Å². The molecule has 3 N–H and O–H groups in total. The van der Waals surface area contributed by atoms with Crippen molar-refractivity contribution in [3.63, 3.8) is 0 Å². The van der Waals surface area contributed by atoms with Crippen LogP contribution in [0.2, 0.25) is 0 Å². The topological polar surface area (TPSA) is 84.7 Å². The van der Waals surface area contributed by atoms with E-state index in [0.717, 1.165) is 12.0 Å². The van der Waals surface area contributed by atoms with Gasteiger partial charge in [0.2, 0.25) is 5.91 Å². The molecular formula is C21H28ClN3O3. The van der Waals surface area contributed by atoms with Crippen LogP contribution in [0.4, 0.5) is 0 Å². The Labute approximate surface area is 172 Å². The summed E-state index contributed by atoms with van der Waals surface area (Å²) in [5, 5.41) is 2.69. The van der Waals surface area contributed by atoms with Crippen LogP contribution in [-0.2, 0) is 16.0 Å². The summed E-state index contributed by atoms with van der Waals surface area (Å²) in [6, 6.07) is 18.4. The number of halogens is 1. The molecule has 7 heteroatoms. The van der Waals surface area contributed by atoms with Gasteiger partial charge < -0.3 is 20.7 Å². The van der Waals surface area contributed by atoms with Gasteiger partial charge in [0, 0.05) is 19.6 Å². The fourth-order valence-electron chi connectivity index (χ4n) is 2.68. The van der Waals surface area contributed by atoms with E-state index in [2.05, 4.69) is 5.32 Å². The summed E-state index contributed by atoms with van der Waals surface area (Å²) in [7, 11) is 0. The molecule has 2 rings (SSSR count). The summed E-state index contributed by atoms with van der Waals surface area (Å²) in [6.45, 7) is 2.92. The van der Waals surface area contributed by atoms with Crippen molar-refractivity contribution in [2.75, 3.05) is 26.2 Å². The Morgan fingerprint density at radius 1 is 1.04 bits per heavy atom. The standard InChI is InChI=1S/C21H27N3O3.ClH/c1-17(23-20(25)16-27-19-10-6-3-7-11-19)21(26)24(15-13-22)14-12-18-8-4-2-5-9-18;/h2-11,17H,12-16,22H2,1H3,(H,23,25);1H. The first kappa shape index (κ1) is 23.5. The Morgan fingerprint density at radius 3 is 2.25 bits per heavy atom. The fourth-order valence-corrected chi connectivity index (χ4v) is 2.68. The predicted octanol–water partition coefficient (Wildman–Crippen LogP) is 2.02. The van der Waals surface area contributed by atoms with Crippen LogP contribution in [0, 0.1) is 0 Å². The number of carbonyl (C=O) groups is 2. The largest absolute Gasteiger partial charge is 0.484 e. The SMILES string of the molecule is CC(NC(=O)COc1ccccc1)C(=O)N(CCN)CCc1ccccc1.Cl. The molecule has 2 amide bonds. The molecule has 28 heavy (non-hydrogen) atoms. The van der Waals surface area contributed by atoms with E-state index >= 15 is 0 Å². The highest BCUT2D eigenvalue weighted by Gasteiger charge is 2.21. The Bertz CT molecular complexity index is 713. The normalized spacial score (nSPS) is 11.1. The lowest BCUT2D eigenvalue weighted by Crippen LogP contribution is -2.49. The van der Waals surface area contributed by atoms with Gasteiger partial charge in [0.25, 0.3) is 5.91 Å². The fraction of sp³-hybridized carbons (Fsp3) is 0.333. The van der Waals surface area contributed by atoms with Crippen molar-refractivity contribution < 1.29 is 14.3 Å². The zero-order chi connectivity index (χ0) is 19.5. The maximum atomic E-state index is 12.7. The number of rotatable bonds is 10. The van der Waals surface area contributed by atoms with Gasteiger partial charge in [-0.2, -0.15) is 0 Å². The molecule has 1 atom stereocenters. The summed E-state index contributed by atoms with van der Waals surface area (Å²) in [5.74, 6) is 0.124. The number of nitrogens with one attached hydrogen (secondary N) is 1. The van der Waals surface area contributed by atoms with Gasteiger partial charge in [-0.1, -0.05) is 48.5 Å². The first-order valence-corrected chi connectivity index (χ1v) is 9.10. The minimum absolute atomic E-state index is 0. The van der Waals surface area contributed by atoms with Gasteiger partial charge in [0.15, 0.2) is 6.61 Å². The molecule has 2 aromatic carbocycles. The third-order valence-corrected chi connectivity index (χ3v) is 4.08. The summed E-state index contributed by atoms with van der Waals surface area (Å²) < 4.78 is 5.40. The van der Waals surface area contributed by atoms with Crippen molar-refractivity contribution in [1.29, 1.82) is 0 Å². The third-order valence-electron chi connectivity index (χ3n) is 4.08. The van der Waals surface area contributed by atoms with Crippen molar-refractivity contribution in [3.8, 4) is 5.75 Å². The molecule has 0 spiro atoms. The molecule has 152 valence electrons. The Morgan fingerprint density at radius 2 is 1.64 bits per heavy atom. The molecule has 1 unspecified atom stereocenters. The number of hydrogen-bond acceptors (Lipinski definition) is 4. The summed E-state index contributed by atoms with van der Waals surface area (Å²) in [6.07, 6.45) is 0.740. The van der Waals surface area contributed by atoms with Crippen LogP contribution in [0.3, 0.4) is 0 Å². The molecule has 0 heterocycles. The Kier molecular flexibility index (Phi) is 10.7. The number of amides is 2. The molecule has 0 bridgehead atoms. The van der Waals surface area contributed by atoms with Gasteiger partial charge in [0.1, 0.15) is 11.8 Å². The van der Waals surface area contributed by atoms with Crippen LogP contribution in [0.25, 0.3) is 0 Å². The first-order valence-electron chi connectivity index (χ1n) is 9.10. The Hall–Kier alpha value is -2.57. The molecule has 0 fully saturated rings. The zero-order valence-electron chi connectivity index (χ0n) is 16.0. The van der Waals surface area contributed by atoms with Crippen LogP contribution >= 0.6 is 12.4 Å². The number of benzene rings is 2.